The van der Waals surface area contributed by atoms with E-state index in [0.29, 0.717) is 0 Å². The fraction of sp³-hybridized carbons (Fsp3) is 1.00. The van der Waals surface area contributed by atoms with Gasteiger partial charge in [-0.3, -0.25) is 0 Å². The van der Waals surface area contributed by atoms with Gasteiger partial charge in [0, 0.05) is 16.5 Å². The zero-order chi connectivity index (χ0) is 10.6. The minimum absolute atomic E-state index is 0.0993. The summed E-state index contributed by atoms with van der Waals surface area (Å²) in [5.41, 5.74) is 5.82. The molecular formula is C11H23NOS. The third-order valence-corrected chi connectivity index (χ3v) is 4.76. The molecule has 0 radical (unpaired) electrons. The number of aliphatic hydroxyl groups is 1. The fourth-order valence-corrected chi connectivity index (χ4v) is 3.65. The maximum Gasteiger partial charge on any atom is 0.0565 e. The summed E-state index contributed by atoms with van der Waals surface area (Å²) in [6.45, 7) is 4.53. The molecule has 0 aromatic heterocycles. The van der Waals surface area contributed by atoms with E-state index in [0.717, 1.165) is 11.2 Å². The molecule has 1 aliphatic rings. The highest BCUT2D eigenvalue weighted by molar-refractivity contribution is 8.00. The summed E-state index contributed by atoms with van der Waals surface area (Å²) in [6.07, 6.45) is 5.32. The van der Waals surface area contributed by atoms with Crippen LogP contribution in [0.25, 0.3) is 0 Å². The molecule has 1 saturated carbocycles. The van der Waals surface area contributed by atoms with Crippen LogP contribution < -0.4 is 5.73 Å². The first-order valence-corrected chi connectivity index (χ1v) is 6.59. The number of thioether (sulfide) groups is 1. The van der Waals surface area contributed by atoms with Gasteiger partial charge in [0.25, 0.3) is 0 Å². The summed E-state index contributed by atoms with van der Waals surface area (Å²) in [5, 5.41) is 10.1. The predicted octanol–water partition coefficient (Wildman–Crippen LogP) is 2.01. The molecule has 0 amide bonds. The smallest absolute Gasteiger partial charge is 0.0565 e. The van der Waals surface area contributed by atoms with Gasteiger partial charge in [-0.2, -0.15) is 11.8 Å². The molecule has 0 aliphatic heterocycles. The molecular weight excluding hydrogens is 194 g/mol. The van der Waals surface area contributed by atoms with Crippen LogP contribution in [-0.2, 0) is 0 Å². The minimum Gasteiger partial charge on any atom is -0.395 e. The van der Waals surface area contributed by atoms with E-state index in [1.807, 2.05) is 18.7 Å². The second-order valence-electron chi connectivity index (χ2n) is 4.61. The van der Waals surface area contributed by atoms with Crippen molar-refractivity contribution in [3.63, 3.8) is 0 Å². The molecule has 14 heavy (non-hydrogen) atoms. The number of nitrogens with two attached hydrogens (primary N) is 1. The Morgan fingerprint density at radius 3 is 2.71 bits per heavy atom. The minimum atomic E-state index is 0.0993. The summed E-state index contributed by atoms with van der Waals surface area (Å²) < 4.78 is 0. The Morgan fingerprint density at radius 1 is 1.50 bits per heavy atom. The third kappa shape index (κ3) is 3.79. The molecule has 4 unspecified atom stereocenters. The molecule has 1 aliphatic carbocycles. The molecule has 4 atom stereocenters. The Kier molecular flexibility index (Phi) is 5.28. The molecule has 0 heterocycles. The maximum atomic E-state index is 9.19. The van der Waals surface area contributed by atoms with Crippen LogP contribution in [0.2, 0.25) is 0 Å². The van der Waals surface area contributed by atoms with E-state index in [-0.39, 0.29) is 17.9 Å². The number of hydrogen-bond acceptors (Lipinski definition) is 3. The molecule has 3 N–H and O–H groups in total. The topological polar surface area (TPSA) is 46.2 Å². The highest BCUT2D eigenvalue weighted by Gasteiger charge is 2.24. The van der Waals surface area contributed by atoms with E-state index in [9.17, 15) is 5.11 Å². The number of rotatable bonds is 4. The van der Waals surface area contributed by atoms with Crippen molar-refractivity contribution in [3.05, 3.63) is 0 Å². The first-order chi connectivity index (χ1) is 6.63. The van der Waals surface area contributed by atoms with Crippen LogP contribution in [0.15, 0.2) is 0 Å². The quantitative estimate of drug-likeness (QED) is 0.757. The zero-order valence-corrected chi connectivity index (χ0v) is 10.1. The zero-order valence-electron chi connectivity index (χ0n) is 9.28. The average Bonchev–Trinajstić information content (AvgIpc) is 2.14. The molecule has 0 aromatic carbocycles. The van der Waals surface area contributed by atoms with Crippen LogP contribution in [0.1, 0.15) is 39.5 Å². The van der Waals surface area contributed by atoms with Crippen LogP contribution >= 0.6 is 11.8 Å². The van der Waals surface area contributed by atoms with Gasteiger partial charge in [-0.05, 0) is 25.7 Å². The van der Waals surface area contributed by atoms with Crippen molar-refractivity contribution in [2.45, 2.75) is 56.1 Å². The highest BCUT2D eigenvalue weighted by Crippen LogP contribution is 2.34. The van der Waals surface area contributed by atoms with Gasteiger partial charge < -0.3 is 10.8 Å². The molecule has 0 aromatic rings. The second kappa shape index (κ2) is 5.99. The lowest BCUT2D eigenvalue weighted by molar-refractivity contribution is 0.284. The van der Waals surface area contributed by atoms with E-state index in [1.54, 1.807) is 0 Å². The van der Waals surface area contributed by atoms with Gasteiger partial charge in [-0.25, -0.2) is 0 Å². The van der Waals surface area contributed by atoms with Crippen LogP contribution in [0.5, 0.6) is 0 Å². The lowest BCUT2D eigenvalue weighted by Gasteiger charge is -2.30. The van der Waals surface area contributed by atoms with Gasteiger partial charge in [-0.15, -0.1) is 0 Å². The average molecular weight is 217 g/mol. The first kappa shape index (κ1) is 12.3. The van der Waals surface area contributed by atoms with E-state index < -0.39 is 0 Å². The molecule has 0 bridgehead atoms. The predicted molar refractivity (Wildman–Crippen MR) is 63.5 cm³/mol. The molecule has 84 valence electrons. The van der Waals surface area contributed by atoms with E-state index >= 15 is 0 Å². The monoisotopic (exact) mass is 217 g/mol. The van der Waals surface area contributed by atoms with E-state index in [2.05, 4.69) is 6.92 Å². The normalized spacial score (nSPS) is 32.6. The number of aliphatic hydroxyl groups excluding tert-OH is 1. The Hall–Kier alpha value is 0.270. The van der Waals surface area contributed by atoms with Gasteiger partial charge in [0.1, 0.15) is 0 Å². The Bertz CT molecular complexity index is 163. The van der Waals surface area contributed by atoms with Crippen LogP contribution in [0.3, 0.4) is 0 Å². The largest absolute Gasteiger partial charge is 0.395 e. The summed E-state index contributed by atoms with van der Waals surface area (Å²) in [7, 11) is 0. The van der Waals surface area contributed by atoms with Crippen molar-refractivity contribution >= 4 is 11.8 Å². The molecule has 3 heteroatoms. The van der Waals surface area contributed by atoms with Gasteiger partial charge in [0.15, 0.2) is 0 Å². The fourth-order valence-electron chi connectivity index (χ4n) is 2.08. The van der Waals surface area contributed by atoms with Crippen molar-refractivity contribution in [3.8, 4) is 0 Å². The van der Waals surface area contributed by atoms with E-state index in [4.69, 9.17) is 5.73 Å². The summed E-state index contributed by atoms with van der Waals surface area (Å²) in [6, 6.07) is 0.0993. The lowest BCUT2D eigenvalue weighted by Crippen LogP contribution is -2.34. The Morgan fingerprint density at radius 2 is 2.21 bits per heavy atom. The lowest BCUT2D eigenvalue weighted by atomic mass is 9.91. The first-order valence-electron chi connectivity index (χ1n) is 5.65. The van der Waals surface area contributed by atoms with Crippen molar-refractivity contribution in [2.75, 3.05) is 6.61 Å². The van der Waals surface area contributed by atoms with Gasteiger partial charge in [0.2, 0.25) is 0 Å². The Balaban J connectivity index is 2.33. The van der Waals surface area contributed by atoms with Crippen molar-refractivity contribution in [1.82, 2.24) is 0 Å². The van der Waals surface area contributed by atoms with Crippen LogP contribution in [0, 0.1) is 5.92 Å². The van der Waals surface area contributed by atoms with Crippen molar-refractivity contribution < 1.29 is 5.11 Å². The molecule has 0 saturated heterocycles. The SMILES string of the molecule is CC1CCCC(SC(CO)C(C)N)C1. The highest BCUT2D eigenvalue weighted by atomic mass is 32.2. The van der Waals surface area contributed by atoms with E-state index in [1.165, 1.54) is 25.7 Å². The van der Waals surface area contributed by atoms with Crippen molar-refractivity contribution in [2.24, 2.45) is 11.7 Å². The van der Waals surface area contributed by atoms with Gasteiger partial charge in [-0.1, -0.05) is 19.8 Å². The standard InChI is InChI=1S/C11H23NOS/c1-8-4-3-5-10(6-8)14-11(7-13)9(2)12/h8-11,13H,3-7,12H2,1-2H3. The molecule has 1 fully saturated rings. The van der Waals surface area contributed by atoms with Crippen LogP contribution in [-0.4, -0.2) is 28.3 Å². The van der Waals surface area contributed by atoms with Gasteiger partial charge in [0.05, 0.1) is 6.61 Å². The summed E-state index contributed by atoms with van der Waals surface area (Å²) in [5.74, 6) is 0.855. The third-order valence-electron chi connectivity index (χ3n) is 3.02. The Labute approximate surface area is 91.6 Å². The molecule has 0 spiro atoms. The maximum absolute atomic E-state index is 9.19. The molecule has 2 nitrogen and oxygen atoms in total. The summed E-state index contributed by atoms with van der Waals surface area (Å²) >= 11 is 1.90. The molecule has 1 rings (SSSR count). The summed E-state index contributed by atoms with van der Waals surface area (Å²) in [4.78, 5) is 0. The van der Waals surface area contributed by atoms with Crippen molar-refractivity contribution in [1.29, 1.82) is 0 Å². The van der Waals surface area contributed by atoms with Gasteiger partial charge >= 0.3 is 0 Å². The second-order valence-corrected chi connectivity index (χ2v) is 6.15. The van der Waals surface area contributed by atoms with Crippen LogP contribution in [0.4, 0.5) is 0 Å². The number of hydrogen-bond donors (Lipinski definition) is 2.